The second-order valence-corrected chi connectivity index (χ2v) is 9.25. The summed E-state index contributed by atoms with van der Waals surface area (Å²) < 4.78 is 27.5. The first-order chi connectivity index (χ1) is 14.9. The predicted octanol–water partition coefficient (Wildman–Crippen LogP) is 2.03. The summed E-state index contributed by atoms with van der Waals surface area (Å²) in [6.07, 6.45) is 0. The monoisotopic (exact) mass is 460 g/mol. The highest BCUT2D eigenvalue weighted by Crippen LogP contribution is 2.18. The van der Waals surface area contributed by atoms with Crippen LogP contribution in [0.15, 0.2) is 47.4 Å². The number of anilines is 2. The zero-order chi connectivity index (χ0) is 24.1. The van der Waals surface area contributed by atoms with Crippen LogP contribution in [0, 0.1) is 13.8 Å². The first-order valence-electron chi connectivity index (χ1n) is 9.91. The van der Waals surface area contributed by atoms with Gasteiger partial charge in [0.15, 0.2) is 0 Å². The lowest BCUT2D eigenvalue weighted by molar-refractivity contribution is -0.134. The van der Waals surface area contributed by atoms with Gasteiger partial charge in [-0.3, -0.25) is 14.4 Å². The van der Waals surface area contributed by atoms with Crippen molar-refractivity contribution in [3.05, 3.63) is 53.6 Å². The molecule has 172 valence electrons. The van der Waals surface area contributed by atoms with Crippen LogP contribution in [0.4, 0.5) is 11.4 Å². The van der Waals surface area contributed by atoms with E-state index in [2.05, 4.69) is 15.4 Å². The van der Waals surface area contributed by atoms with Crippen molar-refractivity contribution in [2.45, 2.75) is 38.6 Å². The molecule has 0 saturated heterocycles. The van der Waals surface area contributed by atoms with Crippen molar-refractivity contribution in [2.75, 3.05) is 24.2 Å². The Morgan fingerprint density at radius 3 is 2.22 bits per heavy atom. The van der Waals surface area contributed by atoms with E-state index < -0.39 is 27.9 Å². The van der Waals surface area contributed by atoms with E-state index in [0.717, 1.165) is 16.0 Å². The van der Waals surface area contributed by atoms with Gasteiger partial charge in [-0.05, 0) is 62.2 Å². The Bertz CT molecular complexity index is 1110. The molecule has 0 saturated carbocycles. The van der Waals surface area contributed by atoms with Crippen LogP contribution in [0.1, 0.15) is 25.0 Å². The van der Waals surface area contributed by atoms with E-state index in [4.69, 9.17) is 0 Å². The summed E-state index contributed by atoms with van der Waals surface area (Å²) in [5.74, 6) is -1.22. The second kappa shape index (κ2) is 10.4. The number of nitrogens with one attached hydrogen (secondary N) is 3. The SMILES string of the molecule is CC(=O)Nc1ccc(S(=O)(=O)N[C@@H](C)C(=O)N(C)CC(=O)Nc2cccc(C)c2C)cc1. The minimum Gasteiger partial charge on any atom is -0.335 e. The van der Waals surface area contributed by atoms with E-state index in [1.54, 1.807) is 6.07 Å². The van der Waals surface area contributed by atoms with Gasteiger partial charge in [0.05, 0.1) is 17.5 Å². The molecule has 0 aliphatic heterocycles. The molecule has 0 fully saturated rings. The predicted molar refractivity (Wildman–Crippen MR) is 123 cm³/mol. The molecule has 0 radical (unpaired) electrons. The molecule has 3 amide bonds. The number of rotatable bonds is 8. The number of benzene rings is 2. The number of nitrogens with zero attached hydrogens (tertiary/aromatic N) is 1. The Morgan fingerprint density at radius 2 is 1.62 bits per heavy atom. The Morgan fingerprint density at radius 1 is 1.00 bits per heavy atom. The van der Waals surface area contributed by atoms with E-state index in [1.807, 2.05) is 26.0 Å². The van der Waals surface area contributed by atoms with E-state index in [1.165, 1.54) is 45.2 Å². The van der Waals surface area contributed by atoms with Crippen LogP contribution in [0.25, 0.3) is 0 Å². The van der Waals surface area contributed by atoms with Gasteiger partial charge in [0.1, 0.15) is 0 Å². The number of aryl methyl sites for hydroxylation is 1. The maximum absolute atomic E-state index is 12.6. The minimum atomic E-state index is -3.98. The van der Waals surface area contributed by atoms with Crippen molar-refractivity contribution in [1.82, 2.24) is 9.62 Å². The lowest BCUT2D eigenvalue weighted by Crippen LogP contribution is -2.47. The Kier molecular flexibility index (Phi) is 8.12. The highest BCUT2D eigenvalue weighted by molar-refractivity contribution is 7.89. The van der Waals surface area contributed by atoms with Crippen molar-refractivity contribution in [3.8, 4) is 0 Å². The van der Waals surface area contributed by atoms with Crippen LogP contribution >= 0.6 is 0 Å². The van der Waals surface area contributed by atoms with Crippen LogP contribution < -0.4 is 15.4 Å². The fourth-order valence-electron chi connectivity index (χ4n) is 2.97. The third kappa shape index (κ3) is 6.63. The molecular formula is C22H28N4O5S. The molecule has 2 aromatic rings. The Labute approximate surface area is 188 Å². The molecule has 0 aliphatic rings. The molecule has 10 heteroatoms. The smallest absolute Gasteiger partial charge is 0.243 e. The van der Waals surface area contributed by atoms with Gasteiger partial charge in [0.25, 0.3) is 0 Å². The van der Waals surface area contributed by atoms with Gasteiger partial charge in [-0.1, -0.05) is 12.1 Å². The number of hydrogen-bond donors (Lipinski definition) is 3. The Balaban J connectivity index is 1.98. The third-order valence-corrected chi connectivity index (χ3v) is 6.38. The topological polar surface area (TPSA) is 125 Å². The second-order valence-electron chi connectivity index (χ2n) is 7.54. The number of hydrogen-bond acceptors (Lipinski definition) is 5. The molecule has 9 nitrogen and oxygen atoms in total. The van der Waals surface area contributed by atoms with Gasteiger partial charge < -0.3 is 15.5 Å². The van der Waals surface area contributed by atoms with Crippen LogP contribution in [0.2, 0.25) is 0 Å². The first-order valence-corrected chi connectivity index (χ1v) is 11.4. The fraction of sp³-hybridized carbons (Fsp3) is 0.318. The maximum atomic E-state index is 12.6. The van der Waals surface area contributed by atoms with Gasteiger partial charge in [-0.2, -0.15) is 4.72 Å². The third-order valence-electron chi connectivity index (χ3n) is 4.82. The number of carbonyl (C=O) groups excluding carboxylic acids is 3. The summed E-state index contributed by atoms with van der Waals surface area (Å²) in [6.45, 7) is 6.34. The molecule has 0 unspecified atom stereocenters. The van der Waals surface area contributed by atoms with Gasteiger partial charge in [-0.15, -0.1) is 0 Å². The summed E-state index contributed by atoms with van der Waals surface area (Å²) >= 11 is 0. The zero-order valence-corrected chi connectivity index (χ0v) is 19.5. The largest absolute Gasteiger partial charge is 0.335 e. The highest BCUT2D eigenvalue weighted by atomic mass is 32.2. The molecule has 2 rings (SSSR count). The van der Waals surface area contributed by atoms with E-state index in [0.29, 0.717) is 11.4 Å². The van der Waals surface area contributed by atoms with Gasteiger partial charge in [-0.25, -0.2) is 8.42 Å². The molecule has 3 N–H and O–H groups in total. The van der Waals surface area contributed by atoms with Crippen molar-refractivity contribution >= 4 is 39.1 Å². The maximum Gasteiger partial charge on any atom is 0.243 e. The molecule has 2 aromatic carbocycles. The van der Waals surface area contributed by atoms with Crippen molar-refractivity contribution < 1.29 is 22.8 Å². The van der Waals surface area contributed by atoms with Crippen LogP contribution in [-0.4, -0.2) is 50.7 Å². The summed E-state index contributed by atoms with van der Waals surface area (Å²) in [7, 11) is -2.55. The van der Waals surface area contributed by atoms with Gasteiger partial charge in [0.2, 0.25) is 27.7 Å². The van der Waals surface area contributed by atoms with Gasteiger partial charge in [0, 0.05) is 25.3 Å². The van der Waals surface area contributed by atoms with E-state index >= 15 is 0 Å². The van der Waals surface area contributed by atoms with Gasteiger partial charge >= 0.3 is 0 Å². The van der Waals surface area contributed by atoms with Crippen molar-refractivity contribution in [3.63, 3.8) is 0 Å². The summed E-state index contributed by atoms with van der Waals surface area (Å²) in [5.41, 5.74) is 3.07. The standard InChI is InChI=1S/C22H28N4O5S/c1-14-7-6-8-20(15(14)2)24-21(28)13-26(5)22(29)16(3)25-32(30,31)19-11-9-18(10-12-19)23-17(4)27/h6-12,16,25H,13H2,1-5H3,(H,23,27)(H,24,28)/t16-/m0/s1. The average Bonchev–Trinajstić information content (AvgIpc) is 2.70. The lowest BCUT2D eigenvalue weighted by Gasteiger charge is -2.22. The normalized spacial score (nSPS) is 12.0. The molecule has 0 aromatic heterocycles. The summed E-state index contributed by atoms with van der Waals surface area (Å²) in [4.78, 5) is 37.1. The number of carbonyl (C=O) groups is 3. The molecular weight excluding hydrogens is 432 g/mol. The Hall–Kier alpha value is -3.24. The van der Waals surface area contributed by atoms with Crippen molar-refractivity contribution in [1.29, 1.82) is 0 Å². The molecule has 1 atom stereocenters. The quantitative estimate of drug-likeness (QED) is 0.556. The zero-order valence-electron chi connectivity index (χ0n) is 18.7. The molecule has 0 aliphatic carbocycles. The molecule has 0 bridgehead atoms. The first kappa shape index (κ1) is 25.0. The highest BCUT2D eigenvalue weighted by Gasteiger charge is 2.25. The van der Waals surface area contributed by atoms with Crippen molar-refractivity contribution in [2.24, 2.45) is 0 Å². The van der Waals surface area contributed by atoms with Crippen LogP contribution in [0.3, 0.4) is 0 Å². The number of likely N-dealkylation sites (N-methyl/N-ethyl adjacent to an activating group) is 1. The van der Waals surface area contributed by atoms with Crippen LogP contribution in [-0.2, 0) is 24.4 Å². The number of amides is 3. The summed E-state index contributed by atoms with van der Waals surface area (Å²) in [5, 5.41) is 5.31. The minimum absolute atomic E-state index is 0.0541. The van der Waals surface area contributed by atoms with E-state index in [9.17, 15) is 22.8 Å². The number of sulfonamides is 1. The van der Waals surface area contributed by atoms with Crippen LogP contribution in [0.5, 0.6) is 0 Å². The fourth-order valence-corrected chi connectivity index (χ4v) is 4.17. The van der Waals surface area contributed by atoms with E-state index in [-0.39, 0.29) is 17.3 Å². The lowest BCUT2D eigenvalue weighted by atomic mass is 10.1. The molecule has 32 heavy (non-hydrogen) atoms. The molecule has 0 spiro atoms. The molecule has 0 heterocycles. The summed E-state index contributed by atoms with van der Waals surface area (Å²) in [6, 6.07) is 9.99. The average molecular weight is 461 g/mol.